The van der Waals surface area contributed by atoms with Gasteiger partial charge in [0.25, 0.3) is 0 Å². The Morgan fingerprint density at radius 2 is 1.46 bits per heavy atom. The maximum Gasteiger partial charge on any atom is 0.245 e. The van der Waals surface area contributed by atoms with Gasteiger partial charge in [0.15, 0.2) is 0 Å². The number of thioether (sulfide) groups is 1. The molecule has 1 heterocycles. The minimum Gasteiger partial charge on any atom is -0.508 e. The van der Waals surface area contributed by atoms with Gasteiger partial charge in [0.1, 0.15) is 42.0 Å². The van der Waals surface area contributed by atoms with Crippen molar-refractivity contribution in [2.45, 2.75) is 141 Å². The summed E-state index contributed by atoms with van der Waals surface area (Å²) in [7, 11) is 0. The standard InChI is InChI=1S/C46H71F2N11O12S/c1-6-26(4)39-44(70)55-29(12-13-34(49)61)41(67)57-33(22-35(50)62)42(68)56-30(14-18-72-19-15-37(64)53-32(43(69)58-39)21-27-8-10-28(60)11-9-27)45(71)59(17-7-16-46(5,47)48)24-38(65)54-31(20-25(2)3)40(66)52-23-36(51)63/h8-11,25-26,29-33,39,60H,6-7,12-24H2,1-5H3,(H2,49,61)(H2,50,62)(H2,51,63)(H,52,66)(H,53,64)(H,54,65)(H,55,70)(H,56,68)(H,57,67)(H,58,69)/t26-,29-,30-,31-,32-,33-,39-/m0/s1. The molecule has 0 spiro atoms. The molecule has 1 aliphatic heterocycles. The van der Waals surface area contributed by atoms with Crippen molar-refractivity contribution in [3.63, 3.8) is 0 Å². The highest BCUT2D eigenvalue weighted by Gasteiger charge is 2.36. The molecule has 0 bridgehead atoms. The molecule has 0 aromatic heterocycles. The Hall–Kier alpha value is -6.60. The van der Waals surface area contributed by atoms with Crippen LogP contribution in [0.25, 0.3) is 0 Å². The lowest BCUT2D eigenvalue weighted by Gasteiger charge is -2.30. The molecule has 11 amide bonds. The summed E-state index contributed by atoms with van der Waals surface area (Å²) in [5.74, 6) is -13.9. The van der Waals surface area contributed by atoms with E-state index >= 15 is 0 Å². The molecule has 23 nitrogen and oxygen atoms in total. The molecule has 1 saturated heterocycles. The highest BCUT2D eigenvalue weighted by Crippen LogP contribution is 2.20. The number of primary amides is 3. The average molecular weight is 1040 g/mol. The number of amides is 11. The molecule has 0 radical (unpaired) electrons. The van der Waals surface area contributed by atoms with Gasteiger partial charge in [-0.05, 0) is 67.9 Å². The van der Waals surface area contributed by atoms with Crippen molar-refractivity contribution in [2.24, 2.45) is 29.0 Å². The number of nitrogens with zero attached hydrogens (tertiary/aromatic N) is 1. The van der Waals surface area contributed by atoms with Gasteiger partial charge in [0, 0.05) is 38.0 Å². The molecule has 402 valence electrons. The molecule has 1 aliphatic rings. The maximum atomic E-state index is 14.6. The topological polar surface area (TPSA) is 374 Å². The number of nitrogens with one attached hydrogen (secondary N) is 7. The SMILES string of the molecule is CC[C@H](C)[C@@H]1NC(=O)[C@H](Cc2ccc(O)cc2)NC(=O)CCSCC[C@@H](C(=O)N(CCCC(C)(F)F)CC(=O)N[C@@H](CC(C)C)C(=O)NCC(N)=O)NC(=O)[C@H](CC(N)=O)NC(=O)[C@H](CCC(N)=O)NC1=O. The molecule has 2 rings (SSSR count). The number of alkyl halides is 2. The van der Waals surface area contributed by atoms with Crippen LogP contribution in [0.5, 0.6) is 5.75 Å². The number of phenols is 1. The third-order valence-corrected chi connectivity index (χ3v) is 12.3. The number of rotatable bonds is 22. The zero-order valence-corrected chi connectivity index (χ0v) is 42.1. The average Bonchev–Trinajstić information content (AvgIpc) is 3.28. The number of halogens is 2. The molecule has 0 aliphatic carbocycles. The van der Waals surface area contributed by atoms with E-state index in [0.29, 0.717) is 18.9 Å². The van der Waals surface area contributed by atoms with Crippen LogP contribution in [0.2, 0.25) is 0 Å². The Balaban J connectivity index is 2.68. The van der Waals surface area contributed by atoms with Gasteiger partial charge in [-0.3, -0.25) is 52.7 Å². The summed E-state index contributed by atoms with van der Waals surface area (Å²) in [5.41, 5.74) is 16.6. The molecule has 7 atom stereocenters. The fourth-order valence-corrected chi connectivity index (χ4v) is 8.21. The first-order chi connectivity index (χ1) is 33.7. The Kier molecular flexibility index (Phi) is 25.9. The highest BCUT2D eigenvalue weighted by molar-refractivity contribution is 7.99. The minimum atomic E-state index is -3.19. The molecule has 14 N–H and O–H groups in total. The number of carbonyl (C=O) groups excluding carboxylic acids is 11. The van der Waals surface area contributed by atoms with Crippen molar-refractivity contribution >= 4 is 76.7 Å². The molecular formula is C46H71F2N11O12S. The van der Waals surface area contributed by atoms with E-state index in [0.717, 1.165) is 16.7 Å². The summed E-state index contributed by atoms with van der Waals surface area (Å²) in [4.78, 5) is 147. The Bertz CT molecular complexity index is 2080. The van der Waals surface area contributed by atoms with Crippen molar-refractivity contribution in [1.29, 1.82) is 0 Å². The van der Waals surface area contributed by atoms with Crippen LogP contribution >= 0.6 is 11.8 Å². The maximum absolute atomic E-state index is 14.6. The summed E-state index contributed by atoms with van der Waals surface area (Å²) in [6, 6.07) is -3.05. The first-order valence-corrected chi connectivity index (χ1v) is 24.8. The van der Waals surface area contributed by atoms with E-state index in [4.69, 9.17) is 17.2 Å². The zero-order chi connectivity index (χ0) is 54.3. The van der Waals surface area contributed by atoms with Crippen LogP contribution in [-0.2, 0) is 59.2 Å². The van der Waals surface area contributed by atoms with Gasteiger partial charge in [-0.1, -0.05) is 46.2 Å². The van der Waals surface area contributed by atoms with Gasteiger partial charge in [-0.2, -0.15) is 11.8 Å². The number of aromatic hydroxyl groups is 1. The van der Waals surface area contributed by atoms with E-state index in [-0.39, 0.29) is 55.3 Å². The fraction of sp³-hybridized carbons (Fsp3) is 0.630. The van der Waals surface area contributed by atoms with Gasteiger partial charge in [0.2, 0.25) is 70.9 Å². The van der Waals surface area contributed by atoms with Crippen molar-refractivity contribution < 1.29 is 66.6 Å². The lowest BCUT2D eigenvalue weighted by molar-refractivity contribution is -0.141. The predicted octanol–water partition coefficient (Wildman–Crippen LogP) is -1.53. The van der Waals surface area contributed by atoms with Gasteiger partial charge >= 0.3 is 0 Å². The van der Waals surface area contributed by atoms with Crippen molar-refractivity contribution in [1.82, 2.24) is 42.1 Å². The van der Waals surface area contributed by atoms with E-state index in [2.05, 4.69) is 37.2 Å². The lowest BCUT2D eigenvalue weighted by Crippen LogP contribution is -2.61. The summed E-state index contributed by atoms with van der Waals surface area (Å²) in [6.45, 7) is 5.71. The lowest BCUT2D eigenvalue weighted by atomic mass is 9.96. The largest absolute Gasteiger partial charge is 0.508 e. The zero-order valence-electron chi connectivity index (χ0n) is 41.3. The summed E-state index contributed by atoms with van der Waals surface area (Å²) < 4.78 is 28.2. The van der Waals surface area contributed by atoms with Gasteiger partial charge in [0.05, 0.1) is 19.5 Å². The molecule has 0 saturated carbocycles. The van der Waals surface area contributed by atoms with Crippen molar-refractivity contribution in [3.8, 4) is 5.75 Å². The van der Waals surface area contributed by atoms with E-state index in [1.54, 1.807) is 27.7 Å². The second-order valence-corrected chi connectivity index (χ2v) is 19.5. The first-order valence-electron chi connectivity index (χ1n) is 23.6. The number of benzene rings is 1. The Morgan fingerprint density at radius 1 is 0.833 bits per heavy atom. The summed E-state index contributed by atoms with van der Waals surface area (Å²) in [5, 5.41) is 27.3. The molecular weight excluding hydrogens is 969 g/mol. The molecule has 1 aromatic rings. The monoisotopic (exact) mass is 1040 g/mol. The van der Waals surface area contributed by atoms with E-state index in [1.807, 2.05) is 0 Å². The van der Waals surface area contributed by atoms with E-state index < -0.39 is 158 Å². The fourth-order valence-electron chi connectivity index (χ4n) is 7.28. The normalized spacial score (nSPS) is 20.8. The highest BCUT2D eigenvalue weighted by atomic mass is 32.2. The predicted molar refractivity (Wildman–Crippen MR) is 260 cm³/mol. The minimum absolute atomic E-state index is 0.0234. The van der Waals surface area contributed by atoms with Crippen LogP contribution in [-0.4, -0.2) is 148 Å². The van der Waals surface area contributed by atoms with Gasteiger partial charge in [-0.25, -0.2) is 8.78 Å². The number of carbonyl (C=O) groups is 11. The second kappa shape index (κ2) is 30.3. The Morgan fingerprint density at radius 3 is 2.04 bits per heavy atom. The molecule has 72 heavy (non-hydrogen) atoms. The number of phenolic OH excluding ortho intramolecular Hbond substituents is 1. The second-order valence-electron chi connectivity index (χ2n) is 18.2. The van der Waals surface area contributed by atoms with Crippen LogP contribution in [0, 0.1) is 11.8 Å². The summed E-state index contributed by atoms with van der Waals surface area (Å²) in [6.07, 6.45) is -2.95. The summed E-state index contributed by atoms with van der Waals surface area (Å²) >= 11 is 1.13. The number of nitrogens with two attached hydrogens (primary N) is 3. The smallest absolute Gasteiger partial charge is 0.245 e. The van der Waals surface area contributed by atoms with Crippen LogP contribution in [0.1, 0.15) is 98.0 Å². The van der Waals surface area contributed by atoms with Crippen LogP contribution in [0.3, 0.4) is 0 Å². The molecule has 1 aromatic carbocycles. The number of hydrogen-bond donors (Lipinski definition) is 11. The van der Waals surface area contributed by atoms with E-state index in [1.165, 1.54) is 24.3 Å². The van der Waals surface area contributed by atoms with Crippen LogP contribution in [0.15, 0.2) is 24.3 Å². The third-order valence-electron chi connectivity index (χ3n) is 11.3. The van der Waals surface area contributed by atoms with E-state index in [9.17, 15) is 66.6 Å². The van der Waals surface area contributed by atoms with Crippen molar-refractivity contribution in [3.05, 3.63) is 29.8 Å². The quantitative estimate of drug-likeness (QED) is 0.0629. The Labute approximate surface area is 421 Å². The van der Waals surface area contributed by atoms with Crippen LogP contribution in [0.4, 0.5) is 8.78 Å². The molecule has 26 heteroatoms. The molecule has 0 unspecified atom stereocenters. The third kappa shape index (κ3) is 23.5. The van der Waals surface area contributed by atoms with Crippen molar-refractivity contribution in [2.75, 3.05) is 31.1 Å². The first kappa shape index (κ1) is 61.5. The molecule has 1 fully saturated rings. The van der Waals surface area contributed by atoms with Crippen LogP contribution < -0.4 is 54.4 Å². The number of hydrogen-bond acceptors (Lipinski definition) is 13. The van der Waals surface area contributed by atoms with Gasteiger partial charge < -0.3 is 64.4 Å². The van der Waals surface area contributed by atoms with Gasteiger partial charge in [-0.15, -0.1) is 0 Å².